The quantitative estimate of drug-likeness (QED) is 0.299. The summed E-state index contributed by atoms with van der Waals surface area (Å²) in [6, 6.07) is 4.35. The molecule has 2 aromatic heterocycles. The zero-order chi connectivity index (χ0) is 16.2. The van der Waals surface area contributed by atoms with Gasteiger partial charge < -0.3 is 9.73 Å². The van der Waals surface area contributed by atoms with Gasteiger partial charge in [-0.05, 0) is 6.07 Å². The van der Waals surface area contributed by atoms with Crippen LogP contribution in [-0.4, -0.2) is 26.6 Å². The number of fused-ring (bicyclic) bond motifs is 1. The molecule has 0 bridgehead atoms. The van der Waals surface area contributed by atoms with E-state index in [2.05, 4.69) is 27.1 Å². The Kier molecular flexibility index (Phi) is 4.53. The first-order valence-electron chi connectivity index (χ1n) is 6.50. The molecule has 0 aliphatic rings. The Labute approximate surface area is 138 Å². The van der Waals surface area contributed by atoms with Crippen LogP contribution in [0.2, 0.25) is 0 Å². The van der Waals surface area contributed by atoms with Crippen LogP contribution in [0, 0.1) is 10.1 Å². The Bertz CT molecular complexity index is 860. The fourth-order valence-electron chi connectivity index (χ4n) is 1.76. The first kappa shape index (κ1) is 15.4. The lowest BCUT2D eigenvalue weighted by atomic mass is 10.3. The van der Waals surface area contributed by atoms with E-state index < -0.39 is 4.92 Å². The monoisotopic (exact) mass is 349 g/mol. The maximum Gasteiger partial charge on any atom is 0.271 e. The first-order valence-corrected chi connectivity index (χ1v) is 8.31. The standard InChI is InChI=1S/C13H11N5O3S2/c1-2-5-14-12-16-17-13(23-12)22-7-11-15-9-6-8(18(19)20)3-4-10(9)21-11/h2-4,6H,1,5,7H2,(H,14,16). The van der Waals surface area contributed by atoms with E-state index in [1.807, 2.05) is 0 Å². The fourth-order valence-corrected chi connectivity index (χ4v) is 3.36. The number of anilines is 1. The average Bonchev–Trinajstić information content (AvgIpc) is 3.16. The van der Waals surface area contributed by atoms with Crippen molar-refractivity contribution in [2.24, 2.45) is 0 Å². The van der Waals surface area contributed by atoms with Gasteiger partial charge in [-0.15, -0.1) is 16.8 Å². The highest BCUT2D eigenvalue weighted by molar-refractivity contribution is 8.00. The molecule has 0 amide bonds. The molecule has 1 N–H and O–H groups in total. The zero-order valence-corrected chi connectivity index (χ0v) is 13.4. The molecule has 0 saturated heterocycles. The summed E-state index contributed by atoms with van der Waals surface area (Å²) in [5, 5.41) is 22.6. The van der Waals surface area contributed by atoms with Gasteiger partial charge in [-0.25, -0.2) is 4.98 Å². The Morgan fingerprint density at radius 3 is 3.13 bits per heavy atom. The largest absolute Gasteiger partial charge is 0.440 e. The van der Waals surface area contributed by atoms with E-state index in [0.29, 0.717) is 29.3 Å². The van der Waals surface area contributed by atoms with Crippen LogP contribution in [0.5, 0.6) is 0 Å². The van der Waals surface area contributed by atoms with Gasteiger partial charge >= 0.3 is 0 Å². The molecule has 0 unspecified atom stereocenters. The van der Waals surface area contributed by atoms with Gasteiger partial charge in [0.15, 0.2) is 9.92 Å². The molecule has 10 heteroatoms. The molecule has 0 aliphatic heterocycles. The maximum absolute atomic E-state index is 10.8. The number of non-ortho nitro benzene ring substituents is 1. The van der Waals surface area contributed by atoms with Gasteiger partial charge in [0.25, 0.3) is 5.69 Å². The summed E-state index contributed by atoms with van der Waals surface area (Å²) in [4.78, 5) is 14.6. The second kappa shape index (κ2) is 6.75. The number of rotatable bonds is 7. The average molecular weight is 349 g/mol. The summed E-state index contributed by atoms with van der Waals surface area (Å²) in [6.07, 6.45) is 1.74. The van der Waals surface area contributed by atoms with Crippen molar-refractivity contribution in [3.8, 4) is 0 Å². The summed E-state index contributed by atoms with van der Waals surface area (Å²) in [5.74, 6) is 0.958. The molecule has 23 heavy (non-hydrogen) atoms. The van der Waals surface area contributed by atoms with Crippen molar-refractivity contribution >= 4 is 45.0 Å². The molecule has 0 spiro atoms. The van der Waals surface area contributed by atoms with Crippen LogP contribution >= 0.6 is 23.1 Å². The molecule has 3 aromatic rings. The number of oxazole rings is 1. The van der Waals surface area contributed by atoms with Crippen molar-refractivity contribution in [1.29, 1.82) is 0 Å². The minimum Gasteiger partial charge on any atom is -0.440 e. The van der Waals surface area contributed by atoms with E-state index >= 15 is 0 Å². The molecular formula is C13H11N5O3S2. The van der Waals surface area contributed by atoms with Crippen molar-refractivity contribution in [2.75, 3.05) is 11.9 Å². The topological polar surface area (TPSA) is 107 Å². The molecule has 3 rings (SSSR count). The highest BCUT2D eigenvalue weighted by Crippen LogP contribution is 2.29. The zero-order valence-electron chi connectivity index (χ0n) is 11.8. The molecule has 2 heterocycles. The smallest absolute Gasteiger partial charge is 0.271 e. The predicted molar refractivity (Wildman–Crippen MR) is 88.8 cm³/mol. The van der Waals surface area contributed by atoms with E-state index in [-0.39, 0.29) is 5.69 Å². The number of nitro groups is 1. The molecule has 1 aromatic carbocycles. The number of thioether (sulfide) groups is 1. The maximum atomic E-state index is 10.8. The summed E-state index contributed by atoms with van der Waals surface area (Å²) in [6.45, 7) is 4.25. The molecule has 118 valence electrons. The fraction of sp³-hybridized carbons (Fsp3) is 0.154. The van der Waals surface area contributed by atoms with Gasteiger partial charge in [-0.3, -0.25) is 10.1 Å². The highest BCUT2D eigenvalue weighted by atomic mass is 32.2. The Balaban J connectivity index is 1.68. The van der Waals surface area contributed by atoms with Crippen molar-refractivity contribution in [3.63, 3.8) is 0 Å². The molecule has 0 radical (unpaired) electrons. The van der Waals surface area contributed by atoms with E-state index in [9.17, 15) is 10.1 Å². The minimum atomic E-state index is -0.457. The van der Waals surface area contributed by atoms with Gasteiger partial charge in [0.2, 0.25) is 11.0 Å². The third kappa shape index (κ3) is 3.66. The van der Waals surface area contributed by atoms with E-state index in [0.717, 1.165) is 9.47 Å². The van der Waals surface area contributed by atoms with Gasteiger partial charge in [0.1, 0.15) is 5.52 Å². The number of hydrogen-bond donors (Lipinski definition) is 1. The van der Waals surface area contributed by atoms with E-state index in [4.69, 9.17) is 4.42 Å². The molecule has 8 nitrogen and oxygen atoms in total. The van der Waals surface area contributed by atoms with Crippen molar-refractivity contribution in [1.82, 2.24) is 15.2 Å². The molecule has 0 fully saturated rings. The summed E-state index contributed by atoms with van der Waals surface area (Å²) in [7, 11) is 0. The van der Waals surface area contributed by atoms with E-state index in [1.54, 1.807) is 12.1 Å². The number of aromatic nitrogens is 3. The second-order valence-electron chi connectivity index (χ2n) is 4.35. The number of benzene rings is 1. The van der Waals surface area contributed by atoms with Crippen LogP contribution in [0.4, 0.5) is 10.8 Å². The number of hydrogen-bond acceptors (Lipinski definition) is 9. The van der Waals surface area contributed by atoms with Gasteiger partial charge in [0, 0.05) is 18.7 Å². The SMILES string of the molecule is C=CCNc1nnc(SCc2nc3cc([N+](=O)[O-])ccc3o2)s1. The van der Waals surface area contributed by atoms with Crippen molar-refractivity contribution in [3.05, 3.63) is 46.9 Å². The van der Waals surface area contributed by atoms with Gasteiger partial charge in [-0.1, -0.05) is 29.2 Å². The normalized spacial score (nSPS) is 10.8. The highest BCUT2D eigenvalue weighted by Gasteiger charge is 2.13. The van der Waals surface area contributed by atoms with Crippen LogP contribution in [0.15, 0.2) is 39.6 Å². The third-order valence-corrected chi connectivity index (χ3v) is 4.75. The third-order valence-electron chi connectivity index (χ3n) is 2.75. The van der Waals surface area contributed by atoms with Gasteiger partial charge in [0.05, 0.1) is 10.7 Å². The van der Waals surface area contributed by atoms with E-state index in [1.165, 1.54) is 35.2 Å². The summed E-state index contributed by atoms with van der Waals surface area (Å²) in [5.41, 5.74) is 0.990. The van der Waals surface area contributed by atoms with Crippen LogP contribution in [0.1, 0.15) is 5.89 Å². The Morgan fingerprint density at radius 1 is 1.48 bits per heavy atom. The molecular weight excluding hydrogens is 338 g/mol. The second-order valence-corrected chi connectivity index (χ2v) is 6.55. The van der Waals surface area contributed by atoms with Crippen molar-refractivity contribution < 1.29 is 9.34 Å². The minimum absolute atomic E-state index is 0.00735. The Morgan fingerprint density at radius 2 is 2.35 bits per heavy atom. The van der Waals surface area contributed by atoms with Crippen LogP contribution in [-0.2, 0) is 5.75 Å². The van der Waals surface area contributed by atoms with Crippen molar-refractivity contribution in [2.45, 2.75) is 10.1 Å². The molecule has 0 atom stereocenters. The summed E-state index contributed by atoms with van der Waals surface area (Å²) < 4.78 is 6.35. The number of nitro benzene ring substituents is 1. The molecule has 0 saturated carbocycles. The lowest BCUT2D eigenvalue weighted by Gasteiger charge is -1.93. The first-order chi connectivity index (χ1) is 11.2. The number of nitrogens with one attached hydrogen (secondary N) is 1. The van der Waals surface area contributed by atoms with Crippen LogP contribution < -0.4 is 5.32 Å². The lowest BCUT2D eigenvalue weighted by molar-refractivity contribution is -0.384. The summed E-state index contributed by atoms with van der Waals surface area (Å²) >= 11 is 2.87. The number of nitrogens with zero attached hydrogens (tertiary/aromatic N) is 4. The van der Waals surface area contributed by atoms with Gasteiger partial charge in [-0.2, -0.15) is 0 Å². The molecule has 0 aliphatic carbocycles. The van der Waals surface area contributed by atoms with Crippen LogP contribution in [0.25, 0.3) is 11.1 Å². The Hall–Kier alpha value is -2.46. The lowest BCUT2D eigenvalue weighted by Crippen LogP contribution is -1.96. The predicted octanol–water partition coefficient (Wildman–Crippen LogP) is 3.48. The van der Waals surface area contributed by atoms with Crippen LogP contribution in [0.3, 0.4) is 0 Å².